The zero-order chi connectivity index (χ0) is 16.0. The molecule has 0 fully saturated rings. The number of ether oxygens (including phenoxy) is 1. The predicted octanol–water partition coefficient (Wildman–Crippen LogP) is 1.15. The van der Waals surface area contributed by atoms with Gasteiger partial charge in [0.05, 0.1) is 4.90 Å². The number of benzene rings is 1. The second kappa shape index (κ2) is 7.42. The quantitative estimate of drug-likeness (QED) is 0.819. The molecule has 118 valence electrons. The third kappa shape index (κ3) is 4.71. The van der Waals surface area contributed by atoms with E-state index in [1.807, 2.05) is 6.92 Å². The van der Waals surface area contributed by atoms with Crippen molar-refractivity contribution in [1.82, 2.24) is 9.62 Å². The molecule has 1 N–H and O–H groups in total. The topological polar surface area (TPSA) is 75.7 Å². The Morgan fingerprint density at radius 2 is 2.00 bits per heavy atom. The van der Waals surface area contributed by atoms with E-state index in [-0.39, 0.29) is 17.4 Å². The van der Waals surface area contributed by atoms with E-state index in [9.17, 15) is 13.2 Å². The van der Waals surface area contributed by atoms with Gasteiger partial charge in [-0.25, -0.2) is 12.7 Å². The lowest BCUT2D eigenvalue weighted by Gasteiger charge is -2.14. The molecule has 1 aromatic rings. The summed E-state index contributed by atoms with van der Waals surface area (Å²) in [4.78, 5) is 11.7. The molecule has 0 saturated heterocycles. The Kier molecular flexibility index (Phi) is 6.17. The number of hydrogen-bond donors (Lipinski definition) is 1. The van der Waals surface area contributed by atoms with Gasteiger partial charge in [-0.2, -0.15) is 0 Å². The Hall–Kier alpha value is -1.60. The number of sulfonamides is 1. The molecular formula is C14H22N2O4S. The maximum absolute atomic E-state index is 12.0. The van der Waals surface area contributed by atoms with Gasteiger partial charge in [0.15, 0.2) is 6.61 Å². The van der Waals surface area contributed by atoms with Crippen LogP contribution in [0.3, 0.4) is 0 Å². The molecule has 0 heterocycles. The zero-order valence-corrected chi connectivity index (χ0v) is 13.7. The van der Waals surface area contributed by atoms with Gasteiger partial charge in [-0.15, -0.1) is 0 Å². The molecule has 1 rings (SSSR count). The minimum Gasteiger partial charge on any atom is -0.484 e. The summed E-state index contributed by atoms with van der Waals surface area (Å²) in [7, 11) is -0.502. The van der Waals surface area contributed by atoms with E-state index in [0.29, 0.717) is 17.9 Å². The lowest BCUT2D eigenvalue weighted by atomic mass is 10.2. The Labute approximate surface area is 126 Å². The van der Waals surface area contributed by atoms with Crippen LogP contribution in [-0.2, 0) is 14.8 Å². The standard InChI is InChI=1S/C14H22N2O4S/c1-5-8-15-14(17)10-20-13-7-6-12(9-11(13)2)21(18,19)16(3)4/h6-7,9H,5,8,10H2,1-4H3,(H,15,17). The first-order chi connectivity index (χ1) is 9.78. The molecule has 0 aliphatic rings. The Morgan fingerprint density at radius 3 is 2.52 bits per heavy atom. The number of nitrogens with one attached hydrogen (secondary N) is 1. The molecule has 7 heteroatoms. The first-order valence-corrected chi connectivity index (χ1v) is 8.15. The van der Waals surface area contributed by atoms with E-state index in [0.717, 1.165) is 10.7 Å². The molecule has 0 radical (unpaired) electrons. The molecule has 21 heavy (non-hydrogen) atoms. The molecule has 0 bridgehead atoms. The molecule has 0 aromatic heterocycles. The highest BCUT2D eigenvalue weighted by Crippen LogP contribution is 2.23. The van der Waals surface area contributed by atoms with Crippen LogP contribution in [-0.4, -0.2) is 45.9 Å². The van der Waals surface area contributed by atoms with Crippen molar-refractivity contribution in [2.45, 2.75) is 25.2 Å². The smallest absolute Gasteiger partial charge is 0.257 e. The second-order valence-electron chi connectivity index (χ2n) is 4.85. The monoisotopic (exact) mass is 314 g/mol. The van der Waals surface area contributed by atoms with Gasteiger partial charge < -0.3 is 10.1 Å². The van der Waals surface area contributed by atoms with Crippen LogP contribution in [0.15, 0.2) is 23.1 Å². The van der Waals surface area contributed by atoms with Crippen LogP contribution in [0.2, 0.25) is 0 Å². The van der Waals surface area contributed by atoms with E-state index in [2.05, 4.69) is 5.32 Å². The minimum atomic E-state index is -3.46. The van der Waals surface area contributed by atoms with E-state index in [1.165, 1.54) is 26.2 Å². The van der Waals surface area contributed by atoms with Crippen molar-refractivity contribution in [1.29, 1.82) is 0 Å². The van der Waals surface area contributed by atoms with Crippen molar-refractivity contribution >= 4 is 15.9 Å². The highest BCUT2D eigenvalue weighted by molar-refractivity contribution is 7.89. The van der Waals surface area contributed by atoms with Crippen LogP contribution in [0.25, 0.3) is 0 Å². The van der Waals surface area contributed by atoms with Gasteiger partial charge >= 0.3 is 0 Å². The van der Waals surface area contributed by atoms with Crippen molar-refractivity contribution in [3.05, 3.63) is 23.8 Å². The molecule has 6 nitrogen and oxygen atoms in total. The van der Waals surface area contributed by atoms with E-state index >= 15 is 0 Å². The second-order valence-corrected chi connectivity index (χ2v) is 7.01. The number of amides is 1. The molecule has 1 amide bonds. The zero-order valence-electron chi connectivity index (χ0n) is 12.8. The van der Waals surface area contributed by atoms with Crippen molar-refractivity contribution < 1.29 is 17.9 Å². The number of carbonyl (C=O) groups excluding carboxylic acids is 1. The number of aryl methyl sites for hydroxylation is 1. The van der Waals surface area contributed by atoms with E-state index in [4.69, 9.17) is 4.74 Å². The maximum Gasteiger partial charge on any atom is 0.257 e. The summed E-state index contributed by atoms with van der Waals surface area (Å²) in [5.41, 5.74) is 0.668. The third-order valence-electron chi connectivity index (χ3n) is 2.86. The highest BCUT2D eigenvalue weighted by atomic mass is 32.2. The van der Waals surface area contributed by atoms with Gasteiger partial charge in [0.25, 0.3) is 5.91 Å². The van der Waals surface area contributed by atoms with Crippen molar-refractivity contribution in [3.63, 3.8) is 0 Å². The highest BCUT2D eigenvalue weighted by Gasteiger charge is 2.18. The molecule has 1 aromatic carbocycles. The van der Waals surface area contributed by atoms with Crippen LogP contribution in [0.5, 0.6) is 5.75 Å². The van der Waals surface area contributed by atoms with Crippen molar-refractivity contribution in [2.75, 3.05) is 27.2 Å². The van der Waals surface area contributed by atoms with Crippen LogP contribution in [0, 0.1) is 6.92 Å². The third-order valence-corrected chi connectivity index (χ3v) is 4.67. The lowest BCUT2D eigenvalue weighted by Crippen LogP contribution is -2.29. The average molecular weight is 314 g/mol. The first kappa shape index (κ1) is 17.5. The van der Waals surface area contributed by atoms with Crippen LogP contribution >= 0.6 is 0 Å². The summed E-state index contributed by atoms with van der Waals surface area (Å²) >= 11 is 0. The predicted molar refractivity (Wildman–Crippen MR) is 80.8 cm³/mol. The Balaban J connectivity index is 2.78. The normalized spacial score (nSPS) is 11.5. The van der Waals surface area contributed by atoms with E-state index < -0.39 is 10.0 Å². The number of carbonyl (C=O) groups is 1. The molecule has 0 aliphatic heterocycles. The van der Waals surface area contributed by atoms with Crippen molar-refractivity contribution in [3.8, 4) is 5.75 Å². The summed E-state index contributed by atoms with van der Waals surface area (Å²) in [5, 5.41) is 2.71. The largest absolute Gasteiger partial charge is 0.484 e. The van der Waals surface area contributed by atoms with Gasteiger partial charge in [0.1, 0.15) is 5.75 Å². The first-order valence-electron chi connectivity index (χ1n) is 6.71. The average Bonchev–Trinajstić information content (AvgIpc) is 2.43. The van der Waals surface area contributed by atoms with Gasteiger partial charge in [-0.3, -0.25) is 4.79 Å². The molecule has 0 saturated carbocycles. The number of nitrogens with zero attached hydrogens (tertiary/aromatic N) is 1. The van der Waals surface area contributed by atoms with E-state index in [1.54, 1.807) is 13.0 Å². The minimum absolute atomic E-state index is 0.0827. The number of hydrogen-bond acceptors (Lipinski definition) is 4. The lowest BCUT2D eigenvalue weighted by molar-refractivity contribution is -0.123. The van der Waals surface area contributed by atoms with Crippen LogP contribution < -0.4 is 10.1 Å². The summed E-state index contributed by atoms with van der Waals surface area (Å²) in [6.07, 6.45) is 0.863. The Morgan fingerprint density at radius 1 is 1.33 bits per heavy atom. The summed E-state index contributed by atoms with van der Waals surface area (Å²) in [6, 6.07) is 4.58. The van der Waals surface area contributed by atoms with Crippen LogP contribution in [0.1, 0.15) is 18.9 Å². The summed E-state index contributed by atoms with van der Waals surface area (Å²) in [5.74, 6) is 0.306. The fourth-order valence-corrected chi connectivity index (χ4v) is 2.60. The van der Waals surface area contributed by atoms with Crippen LogP contribution in [0.4, 0.5) is 0 Å². The Bertz CT molecular complexity index is 597. The van der Waals surface area contributed by atoms with Gasteiger partial charge in [-0.1, -0.05) is 6.92 Å². The van der Waals surface area contributed by atoms with Gasteiger partial charge in [-0.05, 0) is 37.1 Å². The molecule has 0 unspecified atom stereocenters. The SMILES string of the molecule is CCCNC(=O)COc1ccc(S(=O)(=O)N(C)C)cc1C. The fraction of sp³-hybridized carbons (Fsp3) is 0.500. The summed E-state index contributed by atoms with van der Waals surface area (Å²) in [6.45, 7) is 4.24. The van der Waals surface area contributed by atoms with Crippen molar-refractivity contribution in [2.24, 2.45) is 0 Å². The maximum atomic E-state index is 12.0. The molecular weight excluding hydrogens is 292 g/mol. The molecule has 0 aliphatic carbocycles. The van der Waals surface area contributed by atoms with Gasteiger partial charge in [0, 0.05) is 20.6 Å². The number of rotatable bonds is 7. The molecule has 0 atom stereocenters. The fourth-order valence-electron chi connectivity index (χ4n) is 1.61. The van der Waals surface area contributed by atoms with Gasteiger partial charge in [0.2, 0.25) is 10.0 Å². The molecule has 0 spiro atoms. The summed E-state index contributed by atoms with van der Waals surface area (Å²) < 4.78 is 30.6.